The molecule has 1 amide bonds. The highest BCUT2D eigenvalue weighted by atomic mass is 35.7. The molecule has 2 rings (SSSR count). The molecule has 22 heavy (non-hydrogen) atoms. The Morgan fingerprint density at radius 3 is 2.59 bits per heavy atom. The van der Waals surface area contributed by atoms with E-state index in [0.29, 0.717) is 32.1 Å². The van der Waals surface area contributed by atoms with Crippen molar-refractivity contribution in [1.82, 2.24) is 4.90 Å². The predicted octanol–water partition coefficient (Wildman–Crippen LogP) is 0.860. The molecule has 0 saturated carbocycles. The van der Waals surface area contributed by atoms with Gasteiger partial charge in [0.1, 0.15) is 0 Å². The smallest absolute Gasteiger partial charge is 0.261 e. The Morgan fingerprint density at radius 1 is 1.32 bits per heavy atom. The molecule has 1 aliphatic heterocycles. The number of nitrogens with zero attached hydrogens (tertiary/aromatic N) is 1. The second-order valence-corrected chi connectivity index (χ2v) is 7.10. The lowest BCUT2D eigenvalue weighted by Gasteiger charge is -2.26. The third kappa shape index (κ3) is 4.25. The van der Waals surface area contributed by atoms with E-state index in [4.69, 9.17) is 24.9 Å². The van der Waals surface area contributed by atoms with Gasteiger partial charge in [0.15, 0.2) is 18.1 Å². The molecule has 122 valence electrons. The molecule has 0 radical (unpaired) electrons. The van der Waals surface area contributed by atoms with Crippen LogP contribution in [0.25, 0.3) is 0 Å². The maximum atomic E-state index is 12.0. The van der Waals surface area contributed by atoms with Crippen molar-refractivity contribution >= 4 is 25.6 Å². The number of benzene rings is 1. The van der Waals surface area contributed by atoms with Crippen molar-refractivity contribution < 1.29 is 27.4 Å². The average Bonchev–Trinajstić information content (AvgIpc) is 2.52. The minimum absolute atomic E-state index is 0.121. The molecule has 0 unspecified atom stereocenters. The topological polar surface area (TPSA) is 82.1 Å². The second-order valence-electron chi connectivity index (χ2n) is 4.53. The monoisotopic (exact) mass is 349 g/mol. The van der Waals surface area contributed by atoms with Crippen molar-refractivity contribution in [2.24, 2.45) is 0 Å². The maximum absolute atomic E-state index is 12.0. The number of carbonyl (C=O) groups is 1. The summed E-state index contributed by atoms with van der Waals surface area (Å²) in [7, 11) is 2.83. The van der Waals surface area contributed by atoms with Gasteiger partial charge < -0.3 is 19.1 Å². The first-order valence-corrected chi connectivity index (χ1v) is 8.84. The minimum Gasteiger partial charge on any atom is -0.493 e. The molecular formula is C13H16ClNO6S. The molecular weight excluding hydrogens is 334 g/mol. The number of hydrogen-bond acceptors (Lipinski definition) is 6. The molecule has 1 saturated heterocycles. The Labute approximate surface area is 133 Å². The van der Waals surface area contributed by atoms with E-state index >= 15 is 0 Å². The molecule has 1 aliphatic rings. The molecule has 7 nitrogen and oxygen atoms in total. The van der Waals surface area contributed by atoms with Crippen molar-refractivity contribution in [2.75, 3.05) is 40.0 Å². The zero-order valence-electron chi connectivity index (χ0n) is 12.0. The Hall–Kier alpha value is -1.51. The minimum atomic E-state index is -3.88. The molecule has 0 aliphatic carbocycles. The first-order chi connectivity index (χ1) is 10.4. The highest BCUT2D eigenvalue weighted by molar-refractivity contribution is 8.13. The maximum Gasteiger partial charge on any atom is 0.261 e. The van der Waals surface area contributed by atoms with Crippen LogP contribution in [0.2, 0.25) is 0 Å². The van der Waals surface area contributed by atoms with Gasteiger partial charge in [-0.2, -0.15) is 0 Å². The van der Waals surface area contributed by atoms with Crippen LogP contribution in [0.4, 0.5) is 0 Å². The lowest BCUT2D eigenvalue weighted by molar-refractivity contribution is -0.137. The highest BCUT2D eigenvalue weighted by Gasteiger charge is 2.19. The van der Waals surface area contributed by atoms with Crippen LogP contribution in [-0.2, 0) is 18.6 Å². The fraction of sp³-hybridized carbons (Fsp3) is 0.462. The Balaban J connectivity index is 2.09. The number of methoxy groups -OCH3 is 1. The summed E-state index contributed by atoms with van der Waals surface area (Å²) in [4.78, 5) is 13.5. The van der Waals surface area contributed by atoms with E-state index in [9.17, 15) is 13.2 Å². The number of ether oxygens (including phenoxy) is 3. The quantitative estimate of drug-likeness (QED) is 0.733. The summed E-state index contributed by atoms with van der Waals surface area (Å²) in [6.07, 6.45) is 0. The van der Waals surface area contributed by atoms with Crippen LogP contribution in [0.1, 0.15) is 0 Å². The van der Waals surface area contributed by atoms with Crippen molar-refractivity contribution in [2.45, 2.75) is 4.90 Å². The van der Waals surface area contributed by atoms with Crippen LogP contribution in [0.5, 0.6) is 11.5 Å². The van der Waals surface area contributed by atoms with Gasteiger partial charge in [-0.1, -0.05) is 0 Å². The zero-order valence-corrected chi connectivity index (χ0v) is 13.5. The first kappa shape index (κ1) is 16.9. The molecule has 0 aromatic heterocycles. The van der Waals surface area contributed by atoms with Gasteiger partial charge in [-0.15, -0.1) is 0 Å². The number of carbonyl (C=O) groups excluding carboxylic acids is 1. The molecule has 1 aromatic rings. The van der Waals surface area contributed by atoms with E-state index in [-0.39, 0.29) is 23.2 Å². The predicted molar refractivity (Wildman–Crippen MR) is 78.9 cm³/mol. The highest BCUT2D eigenvalue weighted by Crippen LogP contribution is 2.31. The van der Waals surface area contributed by atoms with Gasteiger partial charge in [-0.3, -0.25) is 4.79 Å². The number of amides is 1. The van der Waals surface area contributed by atoms with Crippen LogP contribution in [0.15, 0.2) is 23.1 Å². The van der Waals surface area contributed by atoms with Gasteiger partial charge in [0.05, 0.1) is 25.2 Å². The molecule has 1 aromatic carbocycles. The van der Waals surface area contributed by atoms with E-state index in [1.54, 1.807) is 4.90 Å². The van der Waals surface area contributed by atoms with Crippen molar-refractivity contribution in [3.05, 3.63) is 18.2 Å². The number of morpholine rings is 1. The van der Waals surface area contributed by atoms with E-state index in [1.165, 1.54) is 25.3 Å². The number of hydrogen-bond donors (Lipinski definition) is 0. The molecule has 0 bridgehead atoms. The molecule has 1 fully saturated rings. The first-order valence-electron chi connectivity index (χ1n) is 6.53. The van der Waals surface area contributed by atoms with E-state index in [0.717, 1.165) is 0 Å². The van der Waals surface area contributed by atoms with Gasteiger partial charge in [0, 0.05) is 29.8 Å². The lowest BCUT2D eigenvalue weighted by atomic mass is 10.3. The van der Waals surface area contributed by atoms with Gasteiger partial charge in [0.25, 0.3) is 15.0 Å². The van der Waals surface area contributed by atoms with E-state index < -0.39 is 9.05 Å². The largest absolute Gasteiger partial charge is 0.493 e. The number of halogens is 1. The number of rotatable bonds is 5. The van der Waals surface area contributed by atoms with Crippen molar-refractivity contribution in [3.8, 4) is 11.5 Å². The van der Waals surface area contributed by atoms with Gasteiger partial charge >= 0.3 is 0 Å². The van der Waals surface area contributed by atoms with Gasteiger partial charge in [-0.25, -0.2) is 8.42 Å². The van der Waals surface area contributed by atoms with Gasteiger partial charge in [0.2, 0.25) is 0 Å². The third-order valence-electron chi connectivity index (χ3n) is 3.13. The Kier molecular flexibility index (Phi) is 5.49. The SMILES string of the molecule is COc1ccc(S(=O)(=O)Cl)cc1OCC(=O)N1CCOCC1. The molecule has 0 spiro atoms. The second kappa shape index (κ2) is 7.17. The average molecular weight is 350 g/mol. The van der Waals surface area contributed by atoms with Crippen molar-refractivity contribution in [3.63, 3.8) is 0 Å². The summed E-state index contributed by atoms with van der Waals surface area (Å²) < 4.78 is 38.3. The molecule has 1 heterocycles. The van der Waals surface area contributed by atoms with Crippen LogP contribution in [0.3, 0.4) is 0 Å². The summed E-state index contributed by atoms with van der Waals surface area (Å²) in [5.74, 6) is 0.258. The molecule has 9 heteroatoms. The van der Waals surface area contributed by atoms with Crippen LogP contribution in [0, 0.1) is 0 Å². The summed E-state index contributed by atoms with van der Waals surface area (Å²) >= 11 is 0. The van der Waals surface area contributed by atoms with Crippen LogP contribution >= 0.6 is 10.7 Å². The van der Waals surface area contributed by atoms with Crippen LogP contribution < -0.4 is 9.47 Å². The van der Waals surface area contributed by atoms with Gasteiger partial charge in [-0.05, 0) is 12.1 Å². The van der Waals surface area contributed by atoms with Crippen molar-refractivity contribution in [1.29, 1.82) is 0 Å². The normalized spacial score (nSPS) is 15.5. The third-order valence-corrected chi connectivity index (χ3v) is 4.48. The fourth-order valence-electron chi connectivity index (χ4n) is 1.97. The van der Waals surface area contributed by atoms with E-state index in [2.05, 4.69) is 0 Å². The Morgan fingerprint density at radius 2 is 2.00 bits per heavy atom. The van der Waals surface area contributed by atoms with E-state index in [1.807, 2.05) is 0 Å². The molecule has 0 N–H and O–H groups in total. The summed E-state index contributed by atoms with van der Waals surface area (Å²) in [6.45, 7) is 1.79. The fourth-order valence-corrected chi connectivity index (χ4v) is 2.73. The van der Waals surface area contributed by atoms with Crippen LogP contribution in [-0.4, -0.2) is 59.2 Å². The zero-order chi connectivity index (χ0) is 16.2. The summed E-state index contributed by atoms with van der Waals surface area (Å²) in [5, 5.41) is 0. The Bertz CT molecular complexity index is 642. The lowest BCUT2D eigenvalue weighted by Crippen LogP contribution is -2.43. The summed E-state index contributed by atoms with van der Waals surface area (Å²) in [6, 6.07) is 3.95. The standard InChI is InChI=1S/C13H16ClNO6S/c1-19-11-3-2-10(22(14,17)18)8-12(11)21-9-13(16)15-4-6-20-7-5-15/h2-3,8H,4-7,9H2,1H3. The molecule has 0 atom stereocenters. The summed E-state index contributed by atoms with van der Waals surface area (Å²) in [5.41, 5.74) is 0.